The second-order valence-corrected chi connectivity index (χ2v) is 6.25. The van der Waals surface area contributed by atoms with Gasteiger partial charge in [0, 0.05) is 12.0 Å². The minimum Gasteiger partial charge on any atom is -0.339 e. The molecule has 1 aromatic heterocycles. The Morgan fingerprint density at radius 2 is 1.90 bits per heavy atom. The zero-order chi connectivity index (χ0) is 14.5. The number of aromatic nitrogens is 2. The Morgan fingerprint density at radius 3 is 2.50 bits per heavy atom. The van der Waals surface area contributed by atoms with Crippen LogP contribution in [0.4, 0.5) is 0 Å². The van der Waals surface area contributed by atoms with Crippen LogP contribution in [-0.2, 0) is 0 Å². The molecule has 0 amide bonds. The van der Waals surface area contributed by atoms with Gasteiger partial charge in [-0.1, -0.05) is 32.3 Å². The SMILES string of the molecule is CCNC(C)C(C)c1nc(C2CCC(CC)CC2)no1. The van der Waals surface area contributed by atoms with Crippen molar-refractivity contribution in [1.82, 2.24) is 15.5 Å². The predicted octanol–water partition coefficient (Wildman–Crippen LogP) is 3.85. The Balaban J connectivity index is 1.95. The van der Waals surface area contributed by atoms with Crippen LogP contribution in [0.3, 0.4) is 0 Å². The van der Waals surface area contributed by atoms with E-state index in [0.717, 1.165) is 24.2 Å². The molecule has 4 heteroatoms. The molecule has 0 aliphatic heterocycles. The summed E-state index contributed by atoms with van der Waals surface area (Å²) in [4.78, 5) is 4.67. The molecule has 0 aromatic carbocycles. The van der Waals surface area contributed by atoms with Crippen molar-refractivity contribution >= 4 is 0 Å². The van der Waals surface area contributed by atoms with Crippen LogP contribution in [0.15, 0.2) is 4.52 Å². The van der Waals surface area contributed by atoms with E-state index in [4.69, 9.17) is 4.52 Å². The second-order valence-electron chi connectivity index (χ2n) is 6.25. The summed E-state index contributed by atoms with van der Waals surface area (Å²) in [5, 5.41) is 7.66. The number of nitrogens with zero attached hydrogens (tertiary/aromatic N) is 2. The van der Waals surface area contributed by atoms with E-state index in [1.54, 1.807) is 0 Å². The van der Waals surface area contributed by atoms with Crippen molar-refractivity contribution in [3.05, 3.63) is 11.7 Å². The van der Waals surface area contributed by atoms with Gasteiger partial charge in [0.05, 0.1) is 5.92 Å². The molecule has 114 valence electrons. The van der Waals surface area contributed by atoms with Crippen molar-refractivity contribution in [2.75, 3.05) is 6.54 Å². The van der Waals surface area contributed by atoms with Crippen molar-refractivity contribution in [2.45, 2.75) is 77.7 Å². The van der Waals surface area contributed by atoms with Crippen molar-refractivity contribution in [3.8, 4) is 0 Å². The molecule has 0 radical (unpaired) electrons. The summed E-state index contributed by atoms with van der Waals surface area (Å²) >= 11 is 0. The minimum atomic E-state index is 0.267. The highest BCUT2D eigenvalue weighted by Crippen LogP contribution is 2.36. The van der Waals surface area contributed by atoms with E-state index in [1.807, 2.05) is 0 Å². The van der Waals surface area contributed by atoms with Gasteiger partial charge in [-0.2, -0.15) is 4.98 Å². The lowest BCUT2D eigenvalue weighted by Crippen LogP contribution is -2.30. The maximum Gasteiger partial charge on any atom is 0.231 e. The lowest BCUT2D eigenvalue weighted by atomic mass is 9.80. The average Bonchev–Trinajstić information content (AvgIpc) is 2.96. The molecular formula is C16H29N3O. The molecule has 4 nitrogen and oxygen atoms in total. The maximum atomic E-state index is 5.50. The van der Waals surface area contributed by atoms with Crippen LogP contribution in [-0.4, -0.2) is 22.7 Å². The maximum absolute atomic E-state index is 5.50. The Hall–Kier alpha value is -0.900. The number of hydrogen-bond acceptors (Lipinski definition) is 4. The monoisotopic (exact) mass is 279 g/mol. The van der Waals surface area contributed by atoms with Gasteiger partial charge in [-0.3, -0.25) is 0 Å². The van der Waals surface area contributed by atoms with Gasteiger partial charge in [0.15, 0.2) is 5.82 Å². The van der Waals surface area contributed by atoms with Crippen LogP contribution in [0.1, 0.15) is 83.3 Å². The van der Waals surface area contributed by atoms with Gasteiger partial charge in [0.1, 0.15) is 0 Å². The quantitative estimate of drug-likeness (QED) is 0.859. The van der Waals surface area contributed by atoms with Crippen LogP contribution in [0.25, 0.3) is 0 Å². The molecule has 2 atom stereocenters. The molecule has 1 saturated carbocycles. The molecule has 1 N–H and O–H groups in total. The van der Waals surface area contributed by atoms with Gasteiger partial charge < -0.3 is 9.84 Å². The molecular weight excluding hydrogens is 250 g/mol. The first-order valence-corrected chi connectivity index (χ1v) is 8.22. The molecule has 20 heavy (non-hydrogen) atoms. The third-order valence-electron chi connectivity index (χ3n) is 4.91. The first-order chi connectivity index (χ1) is 9.65. The molecule has 2 rings (SSSR count). The Morgan fingerprint density at radius 1 is 1.20 bits per heavy atom. The lowest BCUT2D eigenvalue weighted by Gasteiger charge is -2.25. The standard InChI is InChI=1S/C16H29N3O/c1-5-13-7-9-14(10-8-13)15-18-16(20-19-15)11(3)12(4)17-6-2/h11-14,17H,5-10H2,1-4H3. The van der Waals surface area contributed by atoms with Crippen molar-refractivity contribution in [3.63, 3.8) is 0 Å². The van der Waals surface area contributed by atoms with Gasteiger partial charge in [0.2, 0.25) is 5.89 Å². The molecule has 0 spiro atoms. The fourth-order valence-electron chi connectivity index (χ4n) is 3.14. The topological polar surface area (TPSA) is 51.0 Å². The third kappa shape index (κ3) is 3.60. The molecule has 0 bridgehead atoms. The van der Waals surface area contributed by atoms with E-state index in [0.29, 0.717) is 12.0 Å². The first-order valence-electron chi connectivity index (χ1n) is 8.22. The van der Waals surface area contributed by atoms with Crippen molar-refractivity contribution < 1.29 is 4.52 Å². The van der Waals surface area contributed by atoms with Gasteiger partial charge >= 0.3 is 0 Å². The van der Waals surface area contributed by atoms with Crippen molar-refractivity contribution in [1.29, 1.82) is 0 Å². The highest BCUT2D eigenvalue weighted by atomic mass is 16.5. The summed E-state index contributed by atoms with van der Waals surface area (Å²) in [5.41, 5.74) is 0. The second kappa shape index (κ2) is 7.21. The highest BCUT2D eigenvalue weighted by Gasteiger charge is 2.27. The number of likely N-dealkylation sites (N-methyl/N-ethyl adjacent to an activating group) is 1. The molecule has 1 aromatic rings. The average molecular weight is 279 g/mol. The summed E-state index contributed by atoms with van der Waals surface area (Å²) in [5.74, 6) is 3.40. The van der Waals surface area contributed by atoms with Gasteiger partial charge in [-0.25, -0.2) is 0 Å². The smallest absolute Gasteiger partial charge is 0.231 e. The Bertz CT molecular complexity index is 396. The van der Waals surface area contributed by atoms with Gasteiger partial charge in [-0.15, -0.1) is 0 Å². The van der Waals surface area contributed by atoms with E-state index >= 15 is 0 Å². The summed E-state index contributed by atoms with van der Waals surface area (Å²) in [6.45, 7) is 9.70. The molecule has 1 heterocycles. The normalized spacial score (nSPS) is 26.4. The molecule has 1 fully saturated rings. The number of nitrogens with one attached hydrogen (secondary N) is 1. The molecule has 2 unspecified atom stereocenters. The highest BCUT2D eigenvalue weighted by molar-refractivity contribution is 5.01. The summed E-state index contributed by atoms with van der Waals surface area (Å²) in [7, 11) is 0. The van der Waals surface area contributed by atoms with E-state index in [2.05, 4.69) is 43.2 Å². The lowest BCUT2D eigenvalue weighted by molar-refractivity contribution is 0.298. The third-order valence-corrected chi connectivity index (χ3v) is 4.91. The fourth-order valence-corrected chi connectivity index (χ4v) is 3.14. The number of rotatable bonds is 6. The predicted molar refractivity (Wildman–Crippen MR) is 80.8 cm³/mol. The fraction of sp³-hybridized carbons (Fsp3) is 0.875. The number of hydrogen-bond donors (Lipinski definition) is 1. The molecule has 0 saturated heterocycles. The van der Waals surface area contributed by atoms with Crippen LogP contribution in [0.2, 0.25) is 0 Å². The van der Waals surface area contributed by atoms with Crippen molar-refractivity contribution in [2.24, 2.45) is 5.92 Å². The summed E-state index contributed by atoms with van der Waals surface area (Å²) in [6.07, 6.45) is 6.37. The zero-order valence-electron chi connectivity index (χ0n) is 13.4. The zero-order valence-corrected chi connectivity index (χ0v) is 13.4. The van der Waals surface area contributed by atoms with Gasteiger partial charge in [0.25, 0.3) is 0 Å². The van der Waals surface area contributed by atoms with Crippen LogP contribution < -0.4 is 5.32 Å². The molecule has 1 aliphatic carbocycles. The van der Waals surface area contributed by atoms with E-state index in [-0.39, 0.29) is 5.92 Å². The Labute approximate surface area is 122 Å². The van der Waals surface area contributed by atoms with Crippen LogP contribution in [0, 0.1) is 5.92 Å². The summed E-state index contributed by atoms with van der Waals surface area (Å²) in [6, 6.07) is 0.365. The Kier molecular flexibility index (Phi) is 5.58. The van der Waals surface area contributed by atoms with E-state index in [9.17, 15) is 0 Å². The molecule has 1 aliphatic rings. The summed E-state index contributed by atoms with van der Waals surface area (Å²) < 4.78 is 5.50. The minimum absolute atomic E-state index is 0.267. The van der Waals surface area contributed by atoms with E-state index < -0.39 is 0 Å². The van der Waals surface area contributed by atoms with E-state index in [1.165, 1.54) is 32.1 Å². The first kappa shape index (κ1) is 15.5. The van der Waals surface area contributed by atoms with Crippen LogP contribution >= 0.6 is 0 Å². The largest absolute Gasteiger partial charge is 0.339 e. The van der Waals surface area contributed by atoms with Gasteiger partial charge in [-0.05, 0) is 45.1 Å². The van der Waals surface area contributed by atoms with Crippen LogP contribution in [0.5, 0.6) is 0 Å².